The second-order valence-electron chi connectivity index (χ2n) is 7.57. The van der Waals surface area contributed by atoms with Crippen LogP contribution in [-0.4, -0.2) is 32.7 Å². The Kier molecular flexibility index (Phi) is 6.13. The summed E-state index contributed by atoms with van der Waals surface area (Å²) in [6.07, 6.45) is 0. The normalized spacial score (nSPS) is 11.0. The first kappa shape index (κ1) is 21.5. The van der Waals surface area contributed by atoms with E-state index in [1.165, 1.54) is 11.3 Å². The van der Waals surface area contributed by atoms with Crippen LogP contribution in [0.3, 0.4) is 0 Å². The predicted molar refractivity (Wildman–Crippen MR) is 126 cm³/mol. The average Bonchev–Trinajstić information content (AvgIpc) is 3.33. The summed E-state index contributed by atoms with van der Waals surface area (Å²) in [5.74, 6) is 0.0525. The van der Waals surface area contributed by atoms with Gasteiger partial charge in [-0.25, -0.2) is 4.98 Å². The van der Waals surface area contributed by atoms with E-state index in [0.29, 0.717) is 32.9 Å². The van der Waals surface area contributed by atoms with Gasteiger partial charge in [0.25, 0.3) is 17.4 Å². The highest BCUT2D eigenvalue weighted by Crippen LogP contribution is 2.17. The Bertz CT molecular complexity index is 1310. The third-order valence-corrected chi connectivity index (χ3v) is 5.87. The minimum absolute atomic E-state index is 0.113. The Morgan fingerprint density at radius 3 is 2.50 bits per heavy atom. The van der Waals surface area contributed by atoms with Crippen molar-refractivity contribution >= 4 is 39.7 Å². The molecule has 0 atom stereocenters. The Labute approximate surface area is 188 Å². The van der Waals surface area contributed by atoms with Crippen molar-refractivity contribution in [2.75, 3.05) is 5.32 Å². The number of aromatic nitrogens is 2. The number of para-hydroxylation sites is 1. The predicted octanol–water partition coefficient (Wildman–Crippen LogP) is 4.29. The van der Waals surface area contributed by atoms with Gasteiger partial charge in [-0.3, -0.25) is 14.4 Å². The lowest BCUT2D eigenvalue weighted by molar-refractivity contribution is 0.0685. The van der Waals surface area contributed by atoms with Gasteiger partial charge in [0.05, 0.1) is 22.3 Å². The number of amides is 2. The second kappa shape index (κ2) is 9.15. The molecule has 2 aromatic heterocycles. The van der Waals surface area contributed by atoms with Gasteiger partial charge < -0.3 is 15.2 Å². The zero-order chi connectivity index (χ0) is 22.7. The summed E-state index contributed by atoms with van der Waals surface area (Å²) in [4.78, 5) is 47.3. The van der Waals surface area contributed by atoms with Crippen LogP contribution in [-0.2, 0) is 6.54 Å². The van der Waals surface area contributed by atoms with Crippen LogP contribution >= 0.6 is 11.3 Å². The lowest BCUT2D eigenvalue weighted by atomic mass is 10.1. The van der Waals surface area contributed by atoms with Crippen molar-refractivity contribution in [1.29, 1.82) is 0 Å². The fourth-order valence-electron chi connectivity index (χ4n) is 3.32. The van der Waals surface area contributed by atoms with Gasteiger partial charge in [0, 0.05) is 17.3 Å². The quantitative estimate of drug-likeness (QED) is 0.462. The number of aromatic amines is 1. The van der Waals surface area contributed by atoms with Crippen LogP contribution in [0.25, 0.3) is 10.9 Å². The minimum atomic E-state index is -0.229. The van der Waals surface area contributed by atoms with Crippen LogP contribution in [0.5, 0.6) is 0 Å². The van der Waals surface area contributed by atoms with Crippen molar-refractivity contribution < 1.29 is 9.59 Å². The second-order valence-corrected chi connectivity index (χ2v) is 8.51. The van der Waals surface area contributed by atoms with Crippen LogP contribution in [0.2, 0.25) is 0 Å². The van der Waals surface area contributed by atoms with E-state index in [1.54, 1.807) is 53.4 Å². The topological polar surface area (TPSA) is 95.2 Å². The molecule has 0 fully saturated rings. The Hall–Kier alpha value is -3.78. The fraction of sp³-hybridized carbons (Fsp3) is 0.167. The summed E-state index contributed by atoms with van der Waals surface area (Å²) >= 11 is 1.36. The molecule has 2 heterocycles. The van der Waals surface area contributed by atoms with E-state index in [4.69, 9.17) is 0 Å². The lowest BCUT2D eigenvalue weighted by Gasteiger charge is -2.26. The molecule has 32 heavy (non-hydrogen) atoms. The van der Waals surface area contributed by atoms with E-state index in [9.17, 15) is 14.4 Å². The lowest BCUT2D eigenvalue weighted by Crippen LogP contribution is -2.37. The van der Waals surface area contributed by atoms with Crippen LogP contribution < -0.4 is 10.9 Å². The molecule has 2 N–H and O–H groups in total. The van der Waals surface area contributed by atoms with Crippen LogP contribution in [0.4, 0.5) is 5.69 Å². The molecule has 2 aromatic carbocycles. The number of nitrogens with one attached hydrogen (secondary N) is 2. The molecule has 0 aliphatic carbocycles. The van der Waals surface area contributed by atoms with Crippen molar-refractivity contribution in [3.8, 4) is 0 Å². The monoisotopic (exact) mass is 446 g/mol. The number of anilines is 1. The van der Waals surface area contributed by atoms with Gasteiger partial charge in [-0.2, -0.15) is 0 Å². The van der Waals surface area contributed by atoms with Crippen LogP contribution in [0.15, 0.2) is 70.8 Å². The fourth-order valence-corrected chi connectivity index (χ4v) is 3.94. The molecule has 0 radical (unpaired) electrons. The van der Waals surface area contributed by atoms with Gasteiger partial charge in [0.15, 0.2) is 0 Å². The summed E-state index contributed by atoms with van der Waals surface area (Å²) in [6, 6.07) is 17.3. The Morgan fingerprint density at radius 2 is 1.81 bits per heavy atom. The van der Waals surface area contributed by atoms with Crippen molar-refractivity contribution in [2.45, 2.75) is 26.4 Å². The molecule has 0 spiro atoms. The van der Waals surface area contributed by atoms with Crippen molar-refractivity contribution in [2.24, 2.45) is 0 Å². The number of benzene rings is 2. The smallest absolute Gasteiger partial charge is 0.265 e. The molecule has 8 heteroatoms. The Balaban J connectivity index is 1.52. The van der Waals surface area contributed by atoms with Gasteiger partial charge >= 0.3 is 0 Å². The van der Waals surface area contributed by atoms with E-state index in [1.807, 2.05) is 31.4 Å². The number of carbonyl (C=O) groups excluding carboxylic acids is 2. The first-order valence-corrected chi connectivity index (χ1v) is 11.0. The molecule has 162 valence electrons. The first-order valence-electron chi connectivity index (χ1n) is 10.2. The average molecular weight is 447 g/mol. The van der Waals surface area contributed by atoms with Crippen molar-refractivity contribution in [3.63, 3.8) is 0 Å². The zero-order valence-electron chi connectivity index (χ0n) is 17.7. The molecule has 4 rings (SSSR count). The third kappa shape index (κ3) is 4.60. The molecule has 0 unspecified atom stereocenters. The first-order chi connectivity index (χ1) is 15.4. The number of H-pyrrole nitrogens is 1. The summed E-state index contributed by atoms with van der Waals surface area (Å²) in [5.41, 5.74) is 1.45. The van der Waals surface area contributed by atoms with E-state index in [2.05, 4.69) is 15.3 Å². The highest BCUT2D eigenvalue weighted by atomic mass is 32.1. The van der Waals surface area contributed by atoms with Gasteiger partial charge in [0.2, 0.25) is 0 Å². The van der Waals surface area contributed by atoms with E-state index in [-0.39, 0.29) is 30.0 Å². The maximum atomic E-state index is 13.2. The van der Waals surface area contributed by atoms with E-state index >= 15 is 0 Å². The van der Waals surface area contributed by atoms with Crippen molar-refractivity contribution in [3.05, 3.63) is 92.7 Å². The van der Waals surface area contributed by atoms with Crippen molar-refractivity contribution in [1.82, 2.24) is 14.9 Å². The number of hydrogen-bond donors (Lipinski definition) is 2. The Morgan fingerprint density at radius 1 is 1.06 bits per heavy atom. The molecule has 0 bridgehead atoms. The number of thiophene rings is 1. The molecular weight excluding hydrogens is 424 g/mol. The maximum Gasteiger partial charge on any atom is 0.265 e. The molecule has 7 nitrogen and oxygen atoms in total. The third-order valence-electron chi connectivity index (χ3n) is 5.00. The number of hydrogen-bond acceptors (Lipinski definition) is 5. The van der Waals surface area contributed by atoms with Gasteiger partial charge in [0.1, 0.15) is 5.82 Å². The standard InChI is InChI=1S/C24H22N4O3S/c1-15(2)28(14-21-26-19-7-4-3-6-18(19)22(29)27-21)24(31)16-9-11-17(12-10-16)25-23(30)20-8-5-13-32-20/h3-13,15H,14H2,1-2H3,(H,25,30)(H,26,27,29). The summed E-state index contributed by atoms with van der Waals surface area (Å²) in [5, 5.41) is 5.18. The number of fused-ring (bicyclic) bond motifs is 1. The molecule has 0 saturated heterocycles. The number of carbonyl (C=O) groups is 2. The van der Waals surface area contributed by atoms with E-state index < -0.39 is 0 Å². The van der Waals surface area contributed by atoms with Crippen LogP contribution in [0.1, 0.15) is 39.7 Å². The summed E-state index contributed by atoms with van der Waals surface area (Å²) in [6.45, 7) is 3.99. The van der Waals surface area contributed by atoms with Gasteiger partial charge in [-0.15, -0.1) is 11.3 Å². The molecule has 0 aliphatic heterocycles. The van der Waals surface area contributed by atoms with Gasteiger partial charge in [-0.1, -0.05) is 18.2 Å². The largest absolute Gasteiger partial charge is 0.329 e. The molecule has 4 aromatic rings. The highest BCUT2D eigenvalue weighted by Gasteiger charge is 2.21. The van der Waals surface area contributed by atoms with Gasteiger partial charge in [-0.05, 0) is 61.7 Å². The number of nitrogens with zero attached hydrogens (tertiary/aromatic N) is 2. The maximum absolute atomic E-state index is 13.2. The summed E-state index contributed by atoms with van der Waals surface area (Å²) < 4.78 is 0. The molecule has 0 saturated carbocycles. The molecule has 2 amide bonds. The number of rotatable bonds is 6. The minimum Gasteiger partial charge on any atom is -0.329 e. The van der Waals surface area contributed by atoms with Crippen LogP contribution in [0, 0.1) is 0 Å². The highest BCUT2D eigenvalue weighted by molar-refractivity contribution is 7.12. The summed E-state index contributed by atoms with van der Waals surface area (Å²) in [7, 11) is 0. The zero-order valence-corrected chi connectivity index (χ0v) is 18.5. The van der Waals surface area contributed by atoms with E-state index in [0.717, 1.165) is 0 Å². The molecular formula is C24H22N4O3S. The SMILES string of the molecule is CC(C)N(Cc1nc2ccccc2c(=O)[nH]1)C(=O)c1ccc(NC(=O)c2cccs2)cc1. The molecule has 0 aliphatic rings.